The zero-order chi connectivity index (χ0) is 23.9. The molecule has 174 valence electrons. The van der Waals surface area contributed by atoms with Crippen molar-refractivity contribution >= 4 is 29.1 Å². The Kier molecular flexibility index (Phi) is 5.15. The van der Waals surface area contributed by atoms with Gasteiger partial charge in [0.25, 0.3) is 5.91 Å². The molecule has 0 fully saturated rings. The van der Waals surface area contributed by atoms with Gasteiger partial charge in [-0.2, -0.15) is 4.98 Å². The summed E-state index contributed by atoms with van der Waals surface area (Å²) < 4.78 is 12.8. The number of amides is 1. The Morgan fingerprint density at radius 1 is 1.06 bits per heavy atom. The summed E-state index contributed by atoms with van der Waals surface area (Å²) in [6.07, 6.45) is 0. The third-order valence-electron chi connectivity index (χ3n) is 5.94. The average molecular weight is 486 g/mol. The minimum Gasteiger partial charge on any atom is -0.454 e. The Morgan fingerprint density at radius 3 is 2.63 bits per heavy atom. The zero-order valence-electron chi connectivity index (χ0n) is 18.7. The lowest BCUT2D eigenvalue weighted by molar-refractivity contribution is -0.113. The normalized spacial score (nSPS) is 16.0. The monoisotopic (exact) mass is 485 g/mol. The molecule has 8 nitrogen and oxygen atoms in total. The number of allylic oxidation sites excluding steroid dienone is 1. The summed E-state index contributed by atoms with van der Waals surface area (Å²) in [5, 5.41) is 11.7. The van der Waals surface area contributed by atoms with E-state index in [0.29, 0.717) is 45.3 Å². The van der Waals surface area contributed by atoms with Crippen LogP contribution in [0.25, 0.3) is 11.4 Å². The molecule has 1 unspecified atom stereocenters. The SMILES string of the molecule is CC1=C(C(=O)Nc2ccccc2)C(c2ccc3c(c2)OCO3)n2nc(-c3ccc(Cl)cc3)nc2N1. The topological polar surface area (TPSA) is 90.3 Å². The molecular formula is C26H20ClN5O3. The molecule has 35 heavy (non-hydrogen) atoms. The van der Waals surface area contributed by atoms with Crippen LogP contribution in [0.3, 0.4) is 0 Å². The highest BCUT2D eigenvalue weighted by molar-refractivity contribution is 6.30. The number of rotatable bonds is 4. The van der Waals surface area contributed by atoms with E-state index in [1.165, 1.54) is 0 Å². The molecule has 0 spiro atoms. The van der Waals surface area contributed by atoms with Crippen LogP contribution in [0.4, 0.5) is 11.6 Å². The van der Waals surface area contributed by atoms with Gasteiger partial charge in [-0.1, -0.05) is 35.9 Å². The van der Waals surface area contributed by atoms with Crippen molar-refractivity contribution < 1.29 is 14.3 Å². The van der Waals surface area contributed by atoms with Crippen LogP contribution in [0.2, 0.25) is 5.02 Å². The van der Waals surface area contributed by atoms with Crippen molar-refractivity contribution in [2.45, 2.75) is 13.0 Å². The lowest BCUT2D eigenvalue weighted by atomic mass is 9.94. The number of benzene rings is 3. The van der Waals surface area contributed by atoms with Crippen molar-refractivity contribution in [3.05, 3.63) is 94.7 Å². The van der Waals surface area contributed by atoms with Crippen molar-refractivity contribution in [2.24, 2.45) is 0 Å². The number of anilines is 2. The van der Waals surface area contributed by atoms with Crippen molar-refractivity contribution in [1.29, 1.82) is 0 Å². The van der Waals surface area contributed by atoms with Gasteiger partial charge in [-0.05, 0) is 61.0 Å². The van der Waals surface area contributed by atoms with Gasteiger partial charge >= 0.3 is 0 Å². The lowest BCUT2D eigenvalue weighted by Crippen LogP contribution is -2.31. The number of halogens is 1. The number of nitrogens with one attached hydrogen (secondary N) is 2. The first-order valence-electron chi connectivity index (χ1n) is 11.0. The fraction of sp³-hybridized carbons (Fsp3) is 0.115. The van der Waals surface area contributed by atoms with Gasteiger partial charge in [-0.15, -0.1) is 5.10 Å². The average Bonchev–Trinajstić information content (AvgIpc) is 3.50. The molecule has 0 bridgehead atoms. The van der Waals surface area contributed by atoms with Crippen molar-refractivity contribution in [3.8, 4) is 22.9 Å². The third-order valence-corrected chi connectivity index (χ3v) is 6.20. The number of carbonyl (C=O) groups excluding carboxylic acids is 1. The summed E-state index contributed by atoms with van der Waals surface area (Å²) in [4.78, 5) is 18.3. The summed E-state index contributed by atoms with van der Waals surface area (Å²) in [6, 6.07) is 21.8. The predicted octanol–water partition coefficient (Wildman–Crippen LogP) is 5.25. The fourth-order valence-electron chi connectivity index (χ4n) is 4.28. The number of hydrogen-bond donors (Lipinski definition) is 2. The lowest BCUT2D eigenvalue weighted by Gasteiger charge is -2.28. The Labute approximate surface area is 206 Å². The third kappa shape index (κ3) is 3.87. The van der Waals surface area contributed by atoms with Crippen LogP contribution < -0.4 is 20.1 Å². The Morgan fingerprint density at radius 2 is 1.83 bits per heavy atom. The molecule has 2 N–H and O–H groups in total. The van der Waals surface area contributed by atoms with Crippen LogP contribution in [0.1, 0.15) is 18.5 Å². The molecule has 3 aromatic carbocycles. The molecule has 1 amide bonds. The van der Waals surface area contributed by atoms with Gasteiger partial charge in [0, 0.05) is 22.0 Å². The number of ether oxygens (including phenoxy) is 2. The molecule has 0 aliphatic carbocycles. The second-order valence-electron chi connectivity index (χ2n) is 8.21. The molecule has 9 heteroatoms. The number of para-hydroxylation sites is 1. The number of fused-ring (bicyclic) bond motifs is 2. The largest absolute Gasteiger partial charge is 0.454 e. The highest BCUT2D eigenvalue weighted by Crippen LogP contribution is 2.41. The maximum Gasteiger partial charge on any atom is 0.255 e. The number of nitrogens with zero attached hydrogens (tertiary/aromatic N) is 3. The summed E-state index contributed by atoms with van der Waals surface area (Å²) in [6.45, 7) is 2.02. The van der Waals surface area contributed by atoms with E-state index in [2.05, 4.69) is 10.6 Å². The predicted molar refractivity (Wildman–Crippen MR) is 133 cm³/mol. The first-order valence-corrected chi connectivity index (χ1v) is 11.4. The van der Waals surface area contributed by atoms with E-state index in [4.69, 9.17) is 31.2 Å². The molecule has 4 aromatic rings. The molecule has 1 aromatic heterocycles. The quantitative estimate of drug-likeness (QED) is 0.410. The van der Waals surface area contributed by atoms with Crippen molar-refractivity contribution in [1.82, 2.24) is 14.8 Å². The van der Waals surface area contributed by atoms with E-state index < -0.39 is 6.04 Å². The summed E-state index contributed by atoms with van der Waals surface area (Å²) in [5.74, 6) is 2.11. The van der Waals surface area contributed by atoms with Gasteiger partial charge in [-0.25, -0.2) is 4.68 Å². The van der Waals surface area contributed by atoms with E-state index in [0.717, 1.165) is 11.1 Å². The number of aromatic nitrogens is 3. The van der Waals surface area contributed by atoms with Gasteiger partial charge in [0.2, 0.25) is 12.7 Å². The second kappa shape index (κ2) is 8.48. The van der Waals surface area contributed by atoms with Crippen molar-refractivity contribution in [2.75, 3.05) is 17.4 Å². The highest BCUT2D eigenvalue weighted by atomic mass is 35.5. The van der Waals surface area contributed by atoms with E-state index >= 15 is 0 Å². The maximum atomic E-state index is 13.6. The molecule has 0 radical (unpaired) electrons. The van der Waals surface area contributed by atoms with Gasteiger partial charge in [0.1, 0.15) is 6.04 Å². The summed E-state index contributed by atoms with van der Waals surface area (Å²) in [7, 11) is 0. The highest BCUT2D eigenvalue weighted by Gasteiger charge is 2.35. The molecule has 3 heterocycles. The molecular weight excluding hydrogens is 466 g/mol. The first kappa shape index (κ1) is 21.2. The van der Waals surface area contributed by atoms with E-state index in [9.17, 15) is 4.79 Å². The van der Waals surface area contributed by atoms with Crippen LogP contribution >= 0.6 is 11.6 Å². The van der Waals surface area contributed by atoms with Gasteiger partial charge < -0.3 is 20.1 Å². The minimum atomic E-state index is -0.544. The van der Waals surface area contributed by atoms with Crippen LogP contribution in [0, 0.1) is 0 Å². The molecule has 0 saturated heterocycles. The van der Waals surface area contributed by atoms with Crippen molar-refractivity contribution in [3.63, 3.8) is 0 Å². The van der Waals surface area contributed by atoms with E-state index in [1.54, 1.807) is 16.8 Å². The Hall–Kier alpha value is -4.30. The maximum absolute atomic E-state index is 13.6. The molecule has 1 atom stereocenters. The van der Waals surface area contributed by atoms with E-state index in [1.807, 2.05) is 67.6 Å². The number of hydrogen-bond acceptors (Lipinski definition) is 6. The molecule has 2 aliphatic heterocycles. The standard InChI is InChI=1S/C26H20ClN5O3/c1-15-22(25(33)29-19-5-3-2-4-6-19)23(17-9-12-20-21(13-17)35-14-34-20)32-26(28-15)30-24(31-32)16-7-10-18(27)11-8-16/h2-13,23H,14H2,1H3,(H,29,33)(H,28,30,31). The van der Waals surface area contributed by atoms with Crippen LogP contribution in [-0.4, -0.2) is 27.5 Å². The van der Waals surface area contributed by atoms with Crippen LogP contribution in [0.15, 0.2) is 84.1 Å². The summed E-state index contributed by atoms with van der Waals surface area (Å²) >= 11 is 6.06. The molecule has 0 saturated carbocycles. The van der Waals surface area contributed by atoms with Gasteiger partial charge in [-0.3, -0.25) is 4.79 Å². The first-order chi connectivity index (χ1) is 17.1. The Bertz CT molecular complexity index is 1460. The van der Waals surface area contributed by atoms with Crippen LogP contribution in [-0.2, 0) is 4.79 Å². The summed E-state index contributed by atoms with van der Waals surface area (Å²) in [5.41, 5.74) is 3.54. The van der Waals surface area contributed by atoms with Crippen LogP contribution in [0.5, 0.6) is 11.5 Å². The van der Waals surface area contributed by atoms with Gasteiger partial charge in [0.05, 0.1) is 5.57 Å². The molecule has 6 rings (SSSR count). The second-order valence-corrected chi connectivity index (χ2v) is 8.65. The van der Waals surface area contributed by atoms with E-state index in [-0.39, 0.29) is 12.7 Å². The fourth-order valence-corrected chi connectivity index (χ4v) is 4.40. The number of carbonyl (C=O) groups is 1. The zero-order valence-corrected chi connectivity index (χ0v) is 19.4. The minimum absolute atomic E-state index is 0.163. The molecule has 2 aliphatic rings. The van der Waals surface area contributed by atoms with Gasteiger partial charge in [0.15, 0.2) is 17.3 Å². The Balaban J connectivity index is 1.46. The smallest absolute Gasteiger partial charge is 0.255 e.